The topological polar surface area (TPSA) is 43.9 Å². The van der Waals surface area contributed by atoms with Crippen molar-refractivity contribution in [2.45, 2.75) is 25.7 Å². The second-order valence-electron chi connectivity index (χ2n) is 13.9. The monoisotopic (exact) mass is 667 g/mol. The molecule has 0 radical (unpaired) electrons. The van der Waals surface area contributed by atoms with Crippen molar-refractivity contribution in [3.05, 3.63) is 168 Å². The Kier molecular flexibility index (Phi) is 6.47. The molecule has 0 bridgehead atoms. The standard InChI is InChI=1S/C48H33N3O/c1-2-11-30(12-3-1)31-21-23-33(24-22-31)46-39-16-6-8-19-41(39)49-48(50-46)51-42-27-26-34(29-40(42)45-35-14-5-4-13-32(35)25-28-43(45)51)36-17-10-18-38-37-15-7-9-20-44(37)52-47(36)38/h1-8,10-19,21-25,28-29H,9,20,26-27H2. The molecule has 52 heavy (non-hydrogen) atoms. The number of benzene rings is 6. The van der Waals surface area contributed by atoms with Crippen molar-refractivity contribution >= 4 is 61.3 Å². The minimum atomic E-state index is 0.701. The molecule has 0 fully saturated rings. The maximum atomic E-state index is 6.61. The van der Waals surface area contributed by atoms with Crippen LogP contribution >= 0.6 is 0 Å². The van der Waals surface area contributed by atoms with E-state index in [2.05, 4.69) is 156 Å². The fraction of sp³-hybridized carbons (Fsp3) is 0.0833. The molecule has 0 atom stereocenters. The summed E-state index contributed by atoms with van der Waals surface area (Å²) >= 11 is 0. The summed E-state index contributed by atoms with van der Waals surface area (Å²) in [6.07, 6.45) is 10.6. The van der Waals surface area contributed by atoms with E-state index >= 15 is 0 Å². The first-order valence-electron chi connectivity index (χ1n) is 18.2. The predicted molar refractivity (Wildman–Crippen MR) is 215 cm³/mol. The van der Waals surface area contributed by atoms with Crippen LogP contribution in [0.25, 0.3) is 89.6 Å². The van der Waals surface area contributed by atoms with Gasteiger partial charge in [0.15, 0.2) is 0 Å². The first kappa shape index (κ1) is 29.2. The number of rotatable bonds is 4. The van der Waals surface area contributed by atoms with Crippen LogP contribution in [0.2, 0.25) is 0 Å². The second-order valence-corrected chi connectivity index (χ2v) is 13.9. The Balaban J connectivity index is 1.13. The number of para-hydroxylation sites is 2. The van der Waals surface area contributed by atoms with Crippen LogP contribution < -0.4 is 0 Å². The van der Waals surface area contributed by atoms with E-state index in [0.717, 1.165) is 64.7 Å². The van der Waals surface area contributed by atoms with Gasteiger partial charge < -0.3 is 4.42 Å². The van der Waals surface area contributed by atoms with Gasteiger partial charge >= 0.3 is 0 Å². The summed E-state index contributed by atoms with van der Waals surface area (Å²) in [4.78, 5) is 10.7. The van der Waals surface area contributed by atoms with Gasteiger partial charge in [0.2, 0.25) is 5.95 Å². The van der Waals surface area contributed by atoms with Crippen LogP contribution in [0, 0.1) is 0 Å². The smallest absolute Gasteiger partial charge is 0.235 e. The number of allylic oxidation sites excluding steroid dienone is 2. The van der Waals surface area contributed by atoms with Crippen LogP contribution in [-0.2, 0) is 12.8 Å². The molecular weight excluding hydrogens is 635 g/mol. The first-order chi connectivity index (χ1) is 25.8. The van der Waals surface area contributed by atoms with Gasteiger partial charge in [-0.25, -0.2) is 9.97 Å². The van der Waals surface area contributed by atoms with Crippen LogP contribution in [0.1, 0.15) is 41.0 Å². The molecule has 3 aromatic heterocycles. The van der Waals surface area contributed by atoms with Crippen molar-refractivity contribution in [2.24, 2.45) is 0 Å². The average Bonchev–Trinajstić information content (AvgIpc) is 3.77. The predicted octanol–water partition coefficient (Wildman–Crippen LogP) is 12.3. The second kappa shape index (κ2) is 11.5. The van der Waals surface area contributed by atoms with Gasteiger partial charge in [0.25, 0.3) is 0 Å². The van der Waals surface area contributed by atoms with Gasteiger partial charge in [0.1, 0.15) is 11.3 Å². The quantitative estimate of drug-likeness (QED) is 0.188. The van der Waals surface area contributed by atoms with Gasteiger partial charge in [-0.05, 0) is 64.9 Å². The molecule has 0 saturated heterocycles. The highest BCUT2D eigenvalue weighted by Gasteiger charge is 2.27. The van der Waals surface area contributed by atoms with Crippen LogP contribution in [0.5, 0.6) is 0 Å². The highest BCUT2D eigenvalue weighted by molar-refractivity contribution is 6.14. The molecule has 9 aromatic rings. The van der Waals surface area contributed by atoms with Crippen LogP contribution in [0.15, 0.2) is 144 Å². The lowest BCUT2D eigenvalue weighted by atomic mass is 9.89. The zero-order chi connectivity index (χ0) is 34.2. The molecule has 11 rings (SSSR count). The summed E-state index contributed by atoms with van der Waals surface area (Å²) in [6, 6.07) is 47.5. The summed E-state index contributed by atoms with van der Waals surface area (Å²) < 4.78 is 8.94. The molecule has 2 aliphatic carbocycles. The summed E-state index contributed by atoms with van der Waals surface area (Å²) in [5, 5.41) is 5.95. The van der Waals surface area contributed by atoms with E-state index in [1.807, 2.05) is 0 Å². The Labute approximate surface area is 301 Å². The number of hydrogen-bond acceptors (Lipinski definition) is 3. The molecule has 0 unspecified atom stereocenters. The number of fused-ring (bicyclic) bond motifs is 9. The van der Waals surface area contributed by atoms with E-state index < -0.39 is 0 Å². The average molecular weight is 668 g/mol. The van der Waals surface area contributed by atoms with Gasteiger partial charge in [0, 0.05) is 50.5 Å². The lowest BCUT2D eigenvalue weighted by molar-refractivity contribution is 0.545. The van der Waals surface area contributed by atoms with Crippen molar-refractivity contribution in [2.75, 3.05) is 0 Å². The Morgan fingerprint density at radius 1 is 0.577 bits per heavy atom. The molecule has 246 valence electrons. The van der Waals surface area contributed by atoms with E-state index in [1.54, 1.807) is 0 Å². The minimum absolute atomic E-state index is 0.701. The summed E-state index contributed by atoms with van der Waals surface area (Å²) in [6.45, 7) is 0. The normalized spacial score (nSPS) is 13.9. The third kappa shape index (κ3) is 4.47. The molecule has 2 aliphatic rings. The zero-order valence-electron chi connectivity index (χ0n) is 28.5. The maximum absolute atomic E-state index is 6.61. The third-order valence-electron chi connectivity index (χ3n) is 11.0. The molecule has 6 aromatic carbocycles. The van der Waals surface area contributed by atoms with Gasteiger partial charge in [-0.15, -0.1) is 0 Å². The highest BCUT2D eigenvalue weighted by Crippen LogP contribution is 2.44. The van der Waals surface area contributed by atoms with Gasteiger partial charge in [0.05, 0.1) is 16.7 Å². The molecule has 3 heterocycles. The Morgan fingerprint density at radius 3 is 2.25 bits per heavy atom. The number of aryl methyl sites for hydroxylation is 1. The number of furan rings is 1. The van der Waals surface area contributed by atoms with Gasteiger partial charge in [-0.3, -0.25) is 4.57 Å². The van der Waals surface area contributed by atoms with Crippen molar-refractivity contribution < 1.29 is 4.42 Å². The van der Waals surface area contributed by atoms with E-state index in [0.29, 0.717) is 5.95 Å². The largest absolute Gasteiger partial charge is 0.460 e. The Hall–Kier alpha value is -6.52. The van der Waals surface area contributed by atoms with Crippen molar-refractivity contribution in [3.63, 3.8) is 0 Å². The fourth-order valence-electron chi connectivity index (χ4n) is 8.54. The molecule has 4 nitrogen and oxygen atoms in total. The summed E-state index contributed by atoms with van der Waals surface area (Å²) in [5.41, 5.74) is 13.7. The highest BCUT2D eigenvalue weighted by atomic mass is 16.3. The maximum Gasteiger partial charge on any atom is 0.235 e. The molecule has 0 N–H and O–H groups in total. The summed E-state index contributed by atoms with van der Waals surface area (Å²) in [5.74, 6) is 1.80. The van der Waals surface area contributed by atoms with Gasteiger partial charge in [-0.1, -0.05) is 133 Å². The lowest BCUT2D eigenvalue weighted by Crippen LogP contribution is -2.09. The summed E-state index contributed by atoms with van der Waals surface area (Å²) in [7, 11) is 0. The van der Waals surface area contributed by atoms with Crippen LogP contribution in [0.3, 0.4) is 0 Å². The number of hydrogen-bond donors (Lipinski definition) is 0. The van der Waals surface area contributed by atoms with E-state index in [9.17, 15) is 0 Å². The Morgan fingerprint density at radius 2 is 1.35 bits per heavy atom. The van der Waals surface area contributed by atoms with Crippen LogP contribution in [-0.4, -0.2) is 14.5 Å². The fourth-order valence-corrected chi connectivity index (χ4v) is 8.54. The number of nitrogens with zero attached hydrogens (tertiary/aromatic N) is 3. The van der Waals surface area contributed by atoms with Crippen molar-refractivity contribution in [3.8, 4) is 28.3 Å². The van der Waals surface area contributed by atoms with E-state index in [4.69, 9.17) is 14.4 Å². The molecule has 4 heteroatoms. The molecular formula is C48H33N3O. The van der Waals surface area contributed by atoms with Crippen molar-refractivity contribution in [1.29, 1.82) is 0 Å². The first-order valence-corrected chi connectivity index (χ1v) is 18.2. The van der Waals surface area contributed by atoms with Crippen LogP contribution in [0.4, 0.5) is 0 Å². The minimum Gasteiger partial charge on any atom is -0.460 e. The van der Waals surface area contributed by atoms with Gasteiger partial charge in [-0.2, -0.15) is 0 Å². The Bertz CT molecular complexity index is 2940. The molecule has 0 aliphatic heterocycles. The third-order valence-corrected chi connectivity index (χ3v) is 11.0. The lowest BCUT2D eigenvalue weighted by Gasteiger charge is -2.18. The zero-order valence-corrected chi connectivity index (χ0v) is 28.5. The van der Waals surface area contributed by atoms with Crippen molar-refractivity contribution in [1.82, 2.24) is 14.5 Å². The molecule has 0 amide bonds. The molecule has 0 spiro atoms. The van der Waals surface area contributed by atoms with E-state index in [1.165, 1.54) is 60.6 Å². The SMILES string of the molecule is C1=Cc2c(oc3c(C4=Cc5c(n(-c6nc(-c7ccc(-c8ccccc8)cc7)c7ccccc7n6)c6ccc7ccccc7c56)CC4)cccc23)CC1. The molecule has 0 saturated carbocycles. The number of aromatic nitrogens is 3. The van der Waals surface area contributed by atoms with E-state index in [-0.39, 0.29) is 0 Å².